The summed E-state index contributed by atoms with van der Waals surface area (Å²) in [5, 5.41) is 3.11. The van der Waals surface area contributed by atoms with Gasteiger partial charge in [-0.05, 0) is 38.1 Å². The second-order valence-corrected chi connectivity index (χ2v) is 3.51. The molecule has 1 N–H and O–H groups in total. The quantitative estimate of drug-likeness (QED) is 0.776. The molecule has 0 aliphatic heterocycles. The lowest BCUT2D eigenvalue weighted by Gasteiger charge is -2.12. The molecule has 0 unspecified atom stereocenters. The Labute approximate surface area is 86.3 Å². The van der Waals surface area contributed by atoms with E-state index >= 15 is 0 Å². The number of benzene rings is 1. The van der Waals surface area contributed by atoms with Crippen molar-refractivity contribution in [3.8, 4) is 5.75 Å². The lowest BCUT2D eigenvalue weighted by molar-refractivity contribution is 0.217. The van der Waals surface area contributed by atoms with E-state index in [2.05, 4.69) is 31.3 Å². The van der Waals surface area contributed by atoms with Crippen LogP contribution < -0.4 is 10.1 Å². The molecule has 0 aliphatic carbocycles. The van der Waals surface area contributed by atoms with Crippen molar-refractivity contribution in [1.29, 1.82) is 0 Å². The standard InChI is InChI=1S/C12H19NO/c1-4-10(2)14-12-7-5-11(6-8-12)9-13-3/h5-8,10,13H,4,9H2,1-3H3/t10-/m0/s1. The van der Waals surface area contributed by atoms with Crippen LogP contribution in [0.15, 0.2) is 24.3 Å². The maximum atomic E-state index is 5.68. The van der Waals surface area contributed by atoms with Gasteiger partial charge in [-0.25, -0.2) is 0 Å². The van der Waals surface area contributed by atoms with E-state index in [0.717, 1.165) is 18.7 Å². The third-order valence-corrected chi connectivity index (χ3v) is 2.22. The molecule has 0 aromatic heterocycles. The Morgan fingerprint density at radius 2 is 1.93 bits per heavy atom. The Morgan fingerprint density at radius 3 is 2.43 bits per heavy atom. The second kappa shape index (κ2) is 5.66. The van der Waals surface area contributed by atoms with Gasteiger partial charge in [0.15, 0.2) is 0 Å². The summed E-state index contributed by atoms with van der Waals surface area (Å²) in [5.74, 6) is 0.958. The van der Waals surface area contributed by atoms with Crippen molar-refractivity contribution in [3.63, 3.8) is 0 Å². The summed E-state index contributed by atoms with van der Waals surface area (Å²) < 4.78 is 5.68. The highest BCUT2D eigenvalue weighted by molar-refractivity contribution is 5.27. The van der Waals surface area contributed by atoms with Crippen molar-refractivity contribution in [2.45, 2.75) is 32.9 Å². The smallest absolute Gasteiger partial charge is 0.119 e. The van der Waals surface area contributed by atoms with Crippen LogP contribution in [0.4, 0.5) is 0 Å². The Hall–Kier alpha value is -1.02. The van der Waals surface area contributed by atoms with E-state index in [0.29, 0.717) is 6.10 Å². The summed E-state index contributed by atoms with van der Waals surface area (Å²) in [6.45, 7) is 5.12. The summed E-state index contributed by atoms with van der Waals surface area (Å²) >= 11 is 0. The van der Waals surface area contributed by atoms with Gasteiger partial charge in [-0.3, -0.25) is 0 Å². The molecule has 1 aromatic carbocycles. The summed E-state index contributed by atoms with van der Waals surface area (Å²) in [4.78, 5) is 0. The summed E-state index contributed by atoms with van der Waals surface area (Å²) in [5.41, 5.74) is 1.28. The van der Waals surface area contributed by atoms with Gasteiger partial charge in [0.05, 0.1) is 6.10 Å². The first-order valence-electron chi connectivity index (χ1n) is 5.16. The summed E-state index contributed by atoms with van der Waals surface area (Å²) in [7, 11) is 1.95. The normalized spacial score (nSPS) is 12.5. The van der Waals surface area contributed by atoms with Gasteiger partial charge in [-0.1, -0.05) is 19.1 Å². The fourth-order valence-corrected chi connectivity index (χ4v) is 1.21. The highest BCUT2D eigenvalue weighted by atomic mass is 16.5. The van der Waals surface area contributed by atoms with Crippen LogP contribution in [0.2, 0.25) is 0 Å². The lowest BCUT2D eigenvalue weighted by Crippen LogP contribution is -2.10. The fourth-order valence-electron chi connectivity index (χ4n) is 1.21. The van der Waals surface area contributed by atoms with E-state index in [9.17, 15) is 0 Å². The monoisotopic (exact) mass is 193 g/mol. The molecule has 0 heterocycles. The molecule has 78 valence electrons. The molecule has 2 heteroatoms. The zero-order valence-corrected chi connectivity index (χ0v) is 9.21. The minimum Gasteiger partial charge on any atom is -0.491 e. The topological polar surface area (TPSA) is 21.3 Å². The molecule has 0 saturated heterocycles. The fraction of sp³-hybridized carbons (Fsp3) is 0.500. The molecular weight excluding hydrogens is 174 g/mol. The average molecular weight is 193 g/mol. The van der Waals surface area contributed by atoms with Crippen molar-refractivity contribution in [2.75, 3.05) is 7.05 Å². The van der Waals surface area contributed by atoms with E-state index < -0.39 is 0 Å². The van der Waals surface area contributed by atoms with Gasteiger partial charge in [0.25, 0.3) is 0 Å². The van der Waals surface area contributed by atoms with E-state index in [4.69, 9.17) is 4.74 Å². The molecule has 1 rings (SSSR count). The maximum Gasteiger partial charge on any atom is 0.119 e. The van der Waals surface area contributed by atoms with Gasteiger partial charge < -0.3 is 10.1 Å². The molecule has 0 spiro atoms. The van der Waals surface area contributed by atoms with E-state index in [-0.39, 0.29) is 0 Å². The first kappa shape index (κ1) is 11.1. The minimum absolute atomic E-state index is 0.296. The number of rotatable bonds is 5. The molecule has 14 heavy (non-hydrogen) atoms. The third kappa shape index (κ3) is 3.38. The van der Waals surface area contributed by atoms with Crippen LogP contribution in [0.5, 0.6) is 5.75 Å². The highest BCUT2D eigenvalue weighted by Crippen LogP contribution is 2.14. The third-order valence-electron chi connectivity index (χ3n) is 2.22. The molecule has 1 atom stereocenters. The number of nitrogens with one attached hydrogen (secondary N) is 1. The van der Waals surface area contributed by atoms with Gasteiger partial charge >= 0.3 is 0 Å². The number of hydrogen-bond acceptors (Lipinski definition) is 2. The van der Waals surface area contributed by atoms with E-state index in [1.807, 2.05) is 19.2 Å². The Morgan fingerprint density at radius 1 is 1.29 bits per heavy atom. The van der Waals surface area contributed by atoms with Crippen molar-refractivity contribution < 1.29 is 4.74 Å². The largest absolute Gasteiger partial charge is 0.491 e. The van der Waals surface area contributed by atoms with E-state index in [1.165, 1.54) is 5.56 Å². The molecule has 0 bridgehead atoms. The SMILES string of the molecule is CC[C@H](C)Oc1ccc(CNC)cc1. The summed E-state index contributed by atoms with van der Waals surface area (Å²) in [6, 6.07) is 8.24. The van der Waals surface area contributed by atoms with Crippen LogP contribution in [0.1, 0.15) is 25.8 Å². The predicted octanol–water partition coefficient (Wildman–Crippen LogP) is 2.58. The number of ether oxygens (including phenoxy) is 1. The van der Waals surface area contributed by atoms with Crippen molar-refractivity contribution in [2.24, 2.45) is 0 Å². The van der Waals surface area contributed by atoms with Crippen LogP contribution in [0.3, 0.4) is 0 Å². The zero-order valence-electron chi connectivity index (χ0n) is 9.21. The molecule has 0 radical (unpaired) electrons. The van der Waals surface area contributed by atoms with E-state index in [1.54, 1.807) is 0 Å². The number of hydrogen-bond donors (Lipinski definition) is 1. The first-order chi connectivity index (χ1) is 6.76. The molecule has 2 nitrogen and oxygen atoms in total. The molecule has 1 aromatic rings. The summed E-state index contributed by atoms with van der Waals surface area (Å²) in [6.07, 6.45) is 1.34. The average Bonchev–Trinajstić information content (AvgIpc) is 2.21. The molecule has 0 aliphatic rings. The highest BCUT2D eigenvalue weighted by Gasteiger charge is 2.00. The van der Waals surface area contributed by atoms with Crippen LogP contribution in [0.25, 0.3) is 0 Å². The Bertz CT molecular complexity index is 256. The van der Waals surface area contributed by atoms with Crippen LogP contribution >= 0.6 is 0 Å². The lowest BCUT2D eigenvalue weighted by atomic mass is 10.2. The van der Waals surface area contributed by atoms with Gasteiger partial charge in [0, 0.05) is 6.54 Å². The van der Waals surface area contributed by atoms with Gasteiger partial charge in [0.1, 0.15) is 5.75 Å². The van der Waals surface area contributed by atoms with Crippen LogP contribution in [-0.2, 0) is 6.54 Å². The maximum absolute atomic E-state index is 5.68. The zero-order chi connectivity index (χ0) is 10.4. The van der Waals surface area contributed by atoms with Crippen molar-refractivity contribution >= 4 is 0 Å². The molecule has 0 amide bonds. The second-order valence-electron chi connectivity index (χ2n) is 3.51. The van der Waals surface area contributed by atoms with Crippen LogP contribution in [-0.4, -0.2) is 13.2 Å². The van der Waals surface area contributed by atoms with Gasteiger partial charge in [-0.2, -0.15) is 0 Å². The van der Waals surface area contributed by atoms with Crippen molar-refractivity contribution in [3.05, 3.63) is 29.8 Å². The van der Waals surface area contributed by atoms with Gasteiger partial charge in [-0.15, -0.1) is 0 Å². The molecular formula is C12H19NO. The Kier molecular flexibility index (Phi) is 4.47. The molecule has 0 fully saturated rings. The first-order valence-corrected chi connectivity index (χ1v) is 5.16. The Balaban J connectivity index is 2.54. The minimum atomic E-state index is 0.296. The predicted molar refractivity (Wildman–Crippen MR) is 59.6 cm³/mol. The molecule has 0 saturated carbocycles. The van der Waals surface area contributed by atoms with Crippen molar-refractivity contribution in [1.82, 2.24) is 5.32 Å². The van der Waals surface area contributed by atoms with Crippen LogP contribution in [0, 0.1) is 0 Å². The van der Waals surface area contributed by atoms with Gasteiger partial charge in [0.2, 0.25) is 0 Å².